The third-order valence-corrected chi connectivity index (χ3v) is 6.70. The van der Waals surface area contributed by atoms with Crippen molar-refractivity contribution in [3.63, 3.8) is 0 Å². The summed E-state index contributed by atoms with van der Waals surface area (Å²) < 4.78 is 57.0. The van der Waals surface area contributed by atoms with E-state index in [1.54, 1.807) is 6.07 Å². The van der Waals surface area contributed by atoms with Gasteiger partial charge >= 0.3 is 6.36 Å². The molecule has 0 saturated heterocycles. The number of unbranched alkanes of at least 4 members (excludes halogenated alkanes) is 4. The summed E-state index contributed by atoms with van der Waals surface area (Å²) in [5.74, 6) is -0.361. The summed E-state index contributed by atoms with van der Waals surface area (Å²) in [6.45, 7) is 2.21. The number of aryl methyl sites for hydroxylation is 2. The lowest BCUT2D eigenvalue weighted by atomic mass is 9.79. The quantitative estimate of drug-likeness (QED) is 0.242. The van der Waals surface area contributed by atoms with E-state index in [2.05, 4.69) is 17.7 Å². The Morgan fingerprint density at radius 3 is 2.52 bits per heavy atom. The predicted octanol–water partition coefficient (Wildman–Crippen LogP) is 8.66. The lowest BCUT2D eigenvalue weighted by Crippen LogP contribution is -2.18. The Kier molecular flexibility index (Phi) is 7.26. The van der Waals surface area contributed by atoms with E-state index in [0.29, 0.717) is 30.2 Å². The Balaban J connectivity index is 1.47. The molecule has 3 aromatic rings. The Labute approximate surface area is 192 Å². The molecular weight excluding hydrogens is 428 g/mol. The fraction of sp³-hybridized carbons (Fsp3) is 0.429. The topological polar surface area (TPSA) is 9.23 Å². The van der Waals surface area contributed by atoms with E-state index >= 15 is 4.39 Å². The number of ether oxygens (including phenoxy) is 1. The van der Waals surface area contributed by atoms with Crippen molar-refractivity contribution in [2.45, 2.75) is 77.0 Å². The fourth-order valence-corrected chi connectivity index (χ4v) is 4.96. The molecule has 0 aromatic heterocycles. The van der Waals surface area contributed by atoms with Gasteiger partial charge in [0, 0.05) is 5.39 Å². The second kappa shape index (κ2) is 10.1. The van der Waals surface area contributed by atoms with E-state index in [1.165, 1.54) is 43.4 Å². The van der Waals surface area contributed by atoms with Gasteiger partial charge in [0.1, 0.15) is 11.6 Å². The zero-order chi connectivity index (χ0) is 23.4. The van der Waals surface area contributed by atoms with Crippen LogP contribution in [0.4, 0.5) is 17.6 Å². The van der Waals surface area contributed by atoms with E-state index in [0.717, 1.165) is 29.4 Å². The molecule has 5 heteroatoms. The molecule has 0 radical (unpaired) electrons. The van der Waals surface area contributed by atoms with E-state index in [4.69, 9.17) is 0 Å². The number of hydrogen-bond donors (Lipinski definition) is 0. The number of halogens is 4. The van der Waals surface area contributed by atoms with Crippen molar-refractivity contribution in [1.82, 2.24) is 0 Å². The summed E-state index contributed by atoms with van der Waals surface area (Å²) >= 11 is 0. The van der Waals surface area contributed by atoms with Gasteiger partial charge in [0.15, 0.2) is 0 Å². The Hall–Kier alpha value is -2.56. The van der Waals surface area contributed by atoms with Crippen LogP contribution in [0.15, 0.2) is 48.5 Å². The van der Waals surface area contributed by atoms with Gasteiger partial charge in [-0.3, -0.25) is 0 Å². The van der Waals surface area contributed by atoms with Crippen LogP contribution in [0.5, 0.6) is 5.75 Å². The standard InChI is InChI=1S/C28H30F4O/c1-2-3-4-5-6-7-19-8-14-25-22(16-19)12-15-26(27(25)29)23-10-9-21-18-24(33-28(30,31)32)13-11-20(21)17-23/h8,11-16,18,23H,2-7,9-10,17H2,1H3. The molecule has 0 spiro atoms. The van der Waals surface area contributed by atoms with E-state index < -0.39 is 6.36 Å². The Bertz CT molecular complexity index is 1100. The average Bonchev–Trinajstić information content (AvgIpc) is 2.78. The maximum atomic E-state index is 15.5. The maximum Gasteiger partial charge on any atom is 0.573 e. The molecule has 1 nitrogen and oxygen atoms in total. The van der Waals surface area contributed by atoms with Crippen molar-refractivity contribution >= 4 is 10.8 Å². The molecule has 3 aromatic carbocycles. The molecule has 0 amide bonds. The first-order valence-electron chi connectivity index (χ1n) is 11.9. The zero-order valence-electron chi connectivity index (χ0n) is 19.0. The first-order valence-corrected chi connectivity index (χ1v) is 11.9. The number of hydrogen-bond acceptors (Lipinski definition) is 1. The number of rotatable bonds is 8. The predicted molar refractivity (Wildman–Crippen MR) is 124 cm³/mol. The van der Waals surface area contributed by atoms with Crippen molar-refractivity contribution in [3.05, 3.63) is 76.6 Å². The van der Waals surface area contributed by atoms with Gasteiger partial charge in [0.2, 0.25) is 0 Å². The first kappa shape index (κ1) is 23.6. The highest BCUT2D eigenvalue weighted by atomic mass is 19.4. The molecule has 33 heavy (non-hydrogen) atoms. The van der Waals surface area contributed by atoms with Crippen LogP contribution in [0.25, 0.3) is 10.8 Å². The number of fused-ring (bicyclic) bond motifs is 2. The summed E-state index contributed by atoms with van der Waals surface area (Å²) in [6, 6.07) is 14.4. The SMILES string of the molecule is CCCCCCCc1ccc2c(F)c(C3CCc4cc(OC(F)(F)F)ccc4C3)ccc2c1. The number of alkyl halides is 3. The normalized spacial score (nSPS) is 16.1. The molecule has 0 aliphatic heterocycles. The van der Waals surface area contributed by atoms with Crippen LogP contribution >= 0.6 is 0 Å². The fourth-order valence-electron chi connectivity index (χ4n) is 4.96. The molecule has 1 atom stereocenters. The Morgan fingerprint density at radius 2 is 1.73 bits per heavy atom. The van der Waals surface area contributed by atoms with Gasteiger partial charge in [-0.1, -0.05) is 69.0 Å². The minimum atomic E-state index is -4.70. The van der Waals surface area contributed by atoms with Gasteiger partial charge in [0.05, 0.1) is 0 Å². The molecule has 1 aliphatic carbocycles. The van der Waals surface area contributed by atoms with Crippen LogP contribution in [0, 0.1) is 5.82 Å². The molecule has 0 fully saturated rings. The Morgan fingerprint density at radius 1 is 0.909 bits per heavy atom. The molecule has 0 saturated carbocycles. The van der Waals surface area contributed by atoms with Crippen LogP contribution in [0.1, 0.15) is 73.6 Å². The second-order valence-corrected chi connectivity index (χ2v) is 9.11. The van der Waals surface area contributed by atoms with E-state index in [9.17, 15) is 13.2 Å². The van der Waals surface area contributed by atoms with Crippen molar-refractivity contribution < 1.29 is 22.3 Å². The van der Waals surface area contributed by atoms with Gasteiger partial charge in [-0.25, -0.2) is 4.39 Å². The van der Waals surface area contributed by atoms with E-state index in [1.807, 2.05) is 24.3 Å². The van der Waals surface area contributed by atoms with Gasteiger partial charge in [-0.05, 0) is 77.8 Å². The van der Waals surface area contributed by atoms with Crippen LogP contribution in [-0.4, -0.2) is 6.36 Å². The lowest BCUT2D eigenvalue weighted by Gasteiger charge is -2.26. The lowest BCUT2D eigenvalue weighted by molar-refractivity contribution is -0.274. The van der Waals surface area contributed by atoms with Crippen LogP contribution in [0.2, 0.25) is 0 Å². The summed E-state index contributed by atoms with van der Waals surface area (Å²) in [6.07, 6.45) is 4.39. The molecule has 0 N–H and O–H groups in total. The first-order chi connectivity index (χ1) is 15.8. The third-order valence-electron chi connectivity index (χ3n) is 6.70. The summed E-state index contributed by atoms with van der Waals surface area (Å²) in [4.78, 5) is 0. The smallest absolute Gasteiger partial charge is 0.406 e. The summed E-state index contributed by atoms with van der Waals surface area (Å²) in [7, 11) is 0. The minimum absolute atomic E-state index is 0.00882. The number of benzene rings is 3. The molecule has 176 valence electrons. The average molecular weight is 459 g/mol. The van der Waals surface area contributed by atoms with Crippen molar-refractivity contribution in [3.8, 4) is 5.75 Å². The van der Waals surface area contributed by atoms with Crippen LogP contribution < -0.4 is 4.74 Å². The highest BCUT2D eigenvalue weighted by molar-refractivity contribution is 5.84. The van der Waals surface area contributed by atoms with Gasteiger partial charge in [0.25, 0.3) is 0 Å². The monoisotopic (exact) mass is 458 g/mol. The van der Waals surface area contributed by atoms with Crippen molar-refractivity contribution in [2.24, 2.45) is 0 Å². The maximum absolute atomic E-state index is 15.5. The molecule has 0 heterocycles. The molecular formula is C28H30F4O. The largest absolute Gasteiger partial charge is 0.573 e. The van der Waals surface area contributed by atoms with Gasteiger partial charge < -0.3 is 4.74 Å². The molecule has 1 unspecified atom stereocenters. The zero-order valence-corrected chi connectivity index (χ0v) is 19.0. The molecule has 4 rings (SSSR count). The highest BCUT2D eigenvalue weighted by Gasteiger charge is 2.32. The van der Waals surface area contributed by atoms with Crippen molar-refractivity contribution in [2.75, 3.05) is 0 Å². The third kappa shape index (κ3) is 5.87. The van der Waals surface area contributed by atoms with Crippen molar-refractivity contribution in [1.29, 1.82) is 0 Å². The summed E-state index contributed by atoms with van der Waals surface area (Å²) in [5, 5.41) is 1.56. The van der Waals surface area contributed by atoms with Crippen LogP contribution in [-0.2, 0) is 19.3 Å². The van der Waals surface area contributed by atoms with Gasteiger partial charge in [-0.2, -0.15) is 0 Å². The highest BCUT2D eigenvalue weighted by Crippen LogP contribution is 2.38. The second-order valence-electron chi connectivity index (χ2n) is 9.11. The van der Waals surface area contributed by atoms with E-state index in [-0.39, 0.29) is 17.5 Å². The molecule has 1 aliphatic rings. The van der Waals surface area contributed by atoms with Crippen LogP contribution in [0.3, 0.4) is 0 Å². The molecule has 0 bridgehead atoms. The van der Waals surface area contributed by atoms with Gasteiger partial charge in [-0.15, -0.1) is 13.2 Å². The summed E-state index contributed by atoms with van der Waals surface area (Å²) in [5.41, 5.74) is 3.74. The minimum Gasteiger partial charge on any atom is -0.406 e.